The lowest BCUT2D eigenvalue weighted by Crippen LogP contribution is -2.39. The lowest BCUT2D eigenvalue weighted by molar-refractivity contribution is 0.418. The smallest absolute Gasteiger partial charge is 0.350 e. The van der Waals surface area contributed by atoms with Crippen molar-refractivity contribution in [3.63, 3.8) is 0 Å². The first kappa shape index (κ1) is 31.5. The first-order valence-corrected chi connectivity index (χ1v) is 18.3. The van der Waals surface area contributed by atoms with E-state index >= 15 is 0 Å². The van der Waals surface area contributed by atoms with Crippen molar-refractivity contribution in [2.75, 3.05) is 14.2 Å². The molecule has 0 saturated heterocycles. The molecular formula is C36H22N8O2S4. The van der Waals surface area contributed by atoms with E-state index in [1.54, 1.807) is 49.0 Å². The van der Waals surface area contributed by atoms with E-state index in [4.69, 9.17) is 26.6 Å². The van der Waals surface area contributed by atoms with Gasteiger partial charge in [0, 0.05) is 59.2 Å². The van der Waals surface area contributed by atoms with Gasteiger partial charge in [0.15, 0.2) is 0 Å². The highest BCUT2D eigenvalue weighted by atomic mass is 32.1. The predicted molar refractivity (Wildman–Crippen MR) is 202 cm³/mol. The molecule has 2 aliphatic carbocycles. The average molecular weight is 727 g/mol. The molecule has 0 radical (unpaired) electrons. The molecule has 6 aromatic heterocycles. The Kier molecular flexibility index (Phi) is 7.56. The minimum atomic E-state index is -0.205. The Balaban J connectivity index is 1.20. The second-order valence-electron chi connectivity index (χ2n) is 11.5. The van der Waals surface area contributed by atoms with Gasteiger partial charge in [0.2, 0.25) is 10.7 Å². The van der Waals surface area contributed by atoms with E-state index in [9.17, 15) is 5.26 Å². The summed E-state index contributed by atoms with van der Waals surface area (Å²) in [5.41, 5.74) is 2.07. The standard InChI is InChI=1S/C36H22N8O2S4/c1-40-30(16-39)42-32-13-27(46-5)36(50-32)29-11-25-34(48-29)21-7-18-8-22-20(6-17(18)9-23(21)44(25)3)33-24(43(22)2)10-28(47-33)35-26(45-4)12-31(49-35)41-19(14-37)15-38/h6-13,17-18H,2-5H3. The summed E-state index contributed by atoms with van der Waals surface area (Å²) < 4.78 is 18.2. The third-order valence-corrected chi connectivity index (χ3v) is 13.6. The van der Waals surface area contributed by atoms with Crippen molar-refractivity contribution in [3.8, 4) is 49.2 Å². The van der Waals surface area contributed by atoms with Gasteiger partial charge in [0.05, 0.1) is 54.2 Å². The van der Waals surface area contributed by atoms with Crippen LogP contribution in [0.2, 0.25) is 0 Å². The molecule has 2 aliphatic rings. The normalized spacial score (nSPS) is 15.9. The van der Waals surface area contributed by atoms with Crippen molar-refractivity contribution in [1.29, 1.82) is 15.8 Å². The van der Waals surface area contributed by atoms with E-state index in [0.717, 1.165) is 30.5 Å². The van der Waals surface area contributed by atoms with Crippen LogP contribution in [0.15, 0.2) is 34.3 Å². The van der Waals surface area contributed by atoms with Gasteiger partial charge in [-0.05, 0) is 12.1 Å². The number of ether oxygens (including phenoxy) is 2. The van der Waals surface area contributed by atoms with Gasteiger partial charge in [0.1, 0.15) is 34.7 Å². The predicted octanol–water partition coefficient (Wildman–Crippen LogP) is 5.94. The second kappa shape index (κ2) is 12.0. The van der Waals surface area contributed by atoms with E-state index in [1.165, 1.54) is 53.2 Å². The second-order valence-corrected chi connectivity index (χ2v) is 15.7. The summed E-state index contributed by atoms with van der Waals surface area (Å²) in [6.45, 7) is 7.17. The minimum Gasteiger partial charge on any atom is -0.495 e. The summed E-state index contributed by atoms with van der Waals surface area (Å²) in [4.78, 5) is 15.5. The molecule has 6 aromatic rings. The molecule has 0 amide bonds. The maximum atomic E-state index is 9.18. The van der Waals surface area contributed by atoms with Crippen LogP contribution in [0.25, 0.3) is 69.1 Å². The molecule has 8 rings (SSSR count). The Morgan fingerprint density at radius 1 is 0.720 bits per heavy atom. The van der Waals surface area contributed by atoms with Crippen LogP contribution in [0.4, 0.5) is 10.0 Å². The molecule has 14 heteroatoms. The Bertz CT molecular complexity index is 2720. The topological polar surface area (TPSA) is 129 Å². The zero-order valence-electron chi connectivity index (χ0n) is 26.8. The monoisotopic (exact) mass is 726 g/mol. The highest BCUT2D eigenvalue weighted by Crippen LogP contribution is 2.47. The molecule has 50 heavy (non-hydrogen) atoms. The van der Waals surface area contributed by atoms with E-state index in [-0.39, 0.29) is 23.4 Å². The summed E-state index contributed by atoms with van der Waals surface area (Å²) >= 11 is 6.23. The first-order chi connectivity index (χ1) is 24.3. The molecule has 10 nitrogen and oxygen atoms in total. The molecule has 2 unspecified atom stereocenters. The quantitative estimate of drug-likeness (QED) is 0.119. The van der Waals surface area contributed by atoms with E-state index in [0.29, 0.717) is 21.5 Å². The molecule has 0 N–H and O–H groups in total. The molecule has 0 aromatic carbocycles. The Morgan fingerprint density at radius 2 is 1.20 bits per heavy atom. The molecule has 0 saturated carbocycles. The third kappa shape index (κ3) is 4.81. The SMILES string of the molecule is [C-]#[N+]C(C#N)=Nc1cc(OC)c(-c2cc3c(s2)c2c(n3C)=CC3C=c4c(n(C)c5cc(-c6sc(N=C(C#N)C#N)cc6OC)sc45)=CC3C=2)s1. The highest BCUT2D eigenvalue weighted by molar-refractivity contribution is 7.28. The molecule has 6 heterocycles. The highest BCUT2D eigenvalue weighted by Gasteiger charge is 2.26. The Morgan fingerprint density at radius 3 is 1.62 bits per heavy atom. The van der Waals surface area contributed by atoms with Crippen molar-refractivity contribution in [2.24, 2.45) is 35.9 Å². The number of nitriles is 3. The van der Waals surface area contributed by atoms with Crippen LogP contribution in [-0.4, -0.2) is 34.9 Å². The molecule has 0 spiro atoms. The van der Waals surface area contributed by atoms with Gasteiger partial charge in [0.25, 0.3) is 0 Å². The molecule has 242 valence electrons. The van der Waals surface area contributed by atoms with Gasteiger partial charge in [-0.15, -0.1) is 34.0 Å². The van der Waals surface area contributed by atoms with Crippen molar-refractivity contribution in [2.45, 2.75) is 0 Å². The number of aromatic nitrogens is 2. The number of aliphatic imine (C=N–C) groups is 2. The number of fused-ring (bicyclic) bond motifs is 7. The lowest BCUT2D eigenvalue weighted by atomic mass is 9.84. The fraction of sp³-hybridized carbons (Fsp3) is 0.167. The first-order valence-electron chi connectivity index (χ1n) is 15.0. The van der Waals surface area contributed by atoms with Crippen LogP contribution in [0.1, 0.15) is 0 Å². The number of rotatable bonds is 6. The number of amidine groups is 1. The molecule has 0 fully saturated rings. The van der Waals surface area contributed by atoms with E-state index in [1.807, 2.05) is 18.2 Å². The minimum absolute atomic E-state index is 0.190. The molecule has 0 aliphatic heterocycles. The van der Waals surface area contributed by atoms with Gasteiger partial charge in [-0.25, -0.2) is 10.3 Å². The summed E-state index contributed by atoms with van der Waals surface area (Å²) in [5.74, 6) is 1.50. The van der Waals surface area contributed by atoms with Crippen LogP contribution in [0, 0.1) is 52.4 Å². The van der Waals surface area contributed by atoms with Crippen LogP contribution >= 0.6 is 45.3 Å². The van der Waals surface area contributed by atoms with Crippen molar-refractivity contribution < 1.29 is 9.47 Å². The van der Waals surface area contributed by atoms with Gasteiger partial charge in [-0.3, -0.25) is 0 Å². The summed E-state index contributed by atoms with van der Waals surface area (Å²) in [6.07, 6.45) is 9.53. The third-order valence-electron chi connectivity index (χ3n) is 8.89. The number of aryl methyl sites for hydroxylation is 2. The van der Waals surface area contributed by atoms with Gasteiger partial charge in [-0.2, -0.15) is 10.5 Å². The number of thiophene rings is 4. The number of methoxy groups -OCH3 is 2. The van der Waals surface area contributed by atoms with Gasteiger partial charge < -0.3 is 23.5 Å². The van der Waals surface area contributed by atoms with Crippen molar-refractivity contribution >= 4 is 112 Å². The Labute approximate surface area is 300 Å². The number of hydrogen-bond acceptors (Lipinski definition) is 11. The molecular weight excluding hydrogens is 705 g/mol. The maximum Gasteiger partial charge on any atom is 0.350 e. The van der Waals surface area contributed by atoms with Crippen molar-refractivity contribution in [3.05, 3.63) is 56.8 Å². The zero-order chi connectivity index (χ0) is 34.8. The summed E-state index contributed by atoms with van der Waals surface area (Å²) in [6, 6.07) is 13.4. The number of hydrogen-bond donors (Lipinski definition) is 0. The van der Waals surface area contributed by atoms with E-state index < -0.39 is 0 Å². The van der Waals surface area contributed by atoms with E-state index in [2.05, 4.69) is 74.5 Å². The lowest BCUT2D eigenvalue weighted by Gasteiger charge is -2.21. The van der Waals surface area contributed by atoms with Gasteiger partial charge in [-0.1, -0.05) is 47.2 Å². The van der Waals surface area contributed by atoms with Crippen LogP contribution in [0.3, 0.4) is 0 Å². The Hall–Kier alpha value is -5.74. The van der Waals surface area contributed by atoms with Crippen LogP contribution < -0.4 is 30.6 Å². The molecule has 0 bridgehead atoms. The maximum absolute atomic E-state index is 9.18. The summed E-state index contributed by atoms with van der Waals surface area (Å²) in [5, 5.41) is 33.4. The van der Waals surface area contributed by atoms with Crippen molar-refractivity contribution in [1.82, 2.24) is 9.13 Å². The zero-order valence-corrected chi connectivity index (χ0v) is 30.1. The van der Waals surface area contributed by atoms with Crippen LogP contribution in [-0.2, 0) is 14.1 Å². The summed E-state index contributed by atoms with van der Waals surface area (Å²) in [7, 11) is 7.43. The fourth-order valence-electron chi connectivity index (χ4n) is 6.59. The number of nitrogens with zero attached hydrogens (tertiary/aromatic N) is 8. The largest absolute Gasteiger partial charge is 0.495 e. The fourth-order valence-corrected chi connectivity index (χ4v) is 11.2. The average Bonchev–Trinajstić information content (AvgIpc) is 3.98. The van der Waals surface area contributed by atoms with Crippen LogP contribution in [0.5, 0.6) is 11.5 Å². The molecule has 2 atom stereocenters. The van der Waals surface area contributed by atoms with Gasteiger partial charge >= 0.3 is 5.84 Å².